The lowest BCUT2D eigenvalue weighted by atomic mass is 10.0. The smallest absolute Gasteiger partial charge is 0.120 e. The van der Waals surface area contributed by atoms with E-state index >= 15 is 0 Å². The van der Waals surface area contributed by atoms with Crippen LogP contribution in [0.1, 0.15) is 12.0 Å². The summed E-state index contributed by atoms with van der Waals surface area (Å²) in [6, 6.07) is 18.3. The Morgan fingerprint density at radius 3 is 2.76 bits per heavy atom. The molecule has 1 heterocycles. The lowest BCUT2D eigenvalue weighted by Gasteiger charge is -2.30. The number of nitrogens with zero attached hydrogens (tertiary/aromatic N) is 1. The second kappa shape index (κ2) is 7.90. The highest BCUT2D eigenvalue weighted by molar-refractivity contribution is 5.56. The molecule has 3 N–H and O–H groups in total. The van der Waals surface area contributed by atoms with E-state index in [1.807, 2.05) is 30.3 Å². The summed E-state index contributed by atoms with van der Waals surface area (Å²) in [5.74, 6) is 0.814. The van der Waals surface area contributed by atoms with E-state index in [0.717, 1.165) is 54.5 Å². The summed E-state index contributed by atoms with van der Waals surface area (Å²) in [6.07, 6.45) is 0.862. The number of nitrogens with one attached hydrogen (secondary N) is 1. The van der Waals surface area contributed by atoms with Gasteiger partial charge in [-0.1, -0.05) is 43.0 Å². The van der Waals surface area contributed by atoms with Gasteiger partial charge in [-0.15, -0.1) is 0 Å². The van der Waals surface area contributed by atoms with Gasteiger partial charge in [0.25, 0.3) is 0 Å². The van der Waals surface area contributed by atoms with Crippen LogP contribution in [0.25, 0.3) is 0 Å². The monoisotopic (exact) mass is 335 g/mol. The van der Waals surface area contributed by atoms with Crippen LogP contribution in [-0.4, -0.2) is 25.1 Å². The molecule has 2 aromatic carbocycles. The molecule has 0 saturated heterocycles. The first-order valence-electron chi connectivity index (χ1n) is 8.50. The first kappa shape index (κ1) is 17.1. The number of hydrogen-bond acceptors (Lipinski definition) is 4. The molecule has 0 fully saturated rings. The minimum Gasteiger partial charge on any atom is -0.497 e. The van der Waals surface area contributed by atoms with E-state index in [1.54, 1.807) is 7.11 Å². The number of ether oxygens (including phenoxy) is 1. The SMILES string of the molecule is C=C(Nc1cccc(OC)c1)C1=C(N)CCN(Cc2ccccc2)C1. The van der Waals surface area contributed by atoms with Gasteiger partial charge in [0.1, 0.15) is 5.75 Å². The van der Waals surface area contributed by atoms with E-state index in [2.05, 4.69) is 41.1 Å². The minimum absolute atomic E-state index is 0.802. The normalized spacial score (nSPS) is 15.1. The minimum atomic E-state index is 0.802. The summed E-state index contributed by atoms with van der Waals surface area (Å²) in [6.45, 7) is 6.90. The summed E-state index contributed by atoms with van der Waals surface area (Å²) >= 11 is 0. The maximum absolute atomic E-state index is 6.27. The molecule has 0 aromatic heterocycles. The lowest BCUT2D eigenvalue weighted by molar-refractivity contribution is 0.278. The van der Waals surface area contributed by atoms with Crippen molar-refractivity contribution in [3.05, 3.63) is 83.7 Å². The van der Waals surface area contributed by atoms with Crippen LogP contribution in [0.4, 0.5) is 5.69 Å². The van der Waals surface area contributed by atoms with Gasteiger partial charge in [-0.3, -0.25) is 4.90 Å². The molecule has 0 spiro atoms. The van der Waals surface area contributed by atoms with Gasteiger partial charge in [0, 0.05) is 54.8 Å². The van der Waals surface area contributed by atoms with E-state index in [4.69, 9.17) is 10.5 Å². The molecule has 25 heavy (non-hydrogen) atoms. The van der Waals surface area contributed by atoms with Crippen LogP contribution in [0.3, 0.4) is 0 Å². The van der Waals surface area contributed by atoms with Gasteiger partial charge < -0.3 is 15.8 Å². The zero-order valence-electron chi connectivity index (χ0n) is 14.7. The van der Waals surface area contributed by atoms with Gasteiger partial charge in [0.2, 0.25) is 0 Å². The number of methoxy groups -OCH3 is 1. The Labute approximate surface area is 149 Å². The van der Waals surface area contributed by atoms with Crippen LogP contribution in [-0.2, 0) is 6.54 Å². The second-order valence-corrected chi connectivity index (χ2v) is 6.29. The number of hydrogen-bond donors (Lipinski definition) is 2. The van der Waals surface area contributed by atoms with Crippen LogP contribution in [0.15, 0.2) is 78.1 Å². The Morgan fingerprint density at radius 2 is 2.00 bits per heavy atom. The Morgan fingerprint density at radius 1 is 1.20 bits per heavy atom. The summed E-state index contributed by atoms with van der Waals surface area (Å²) in [5.41, 5.74) is 11.4. The Balaban J connectivity index is 1.68. The molecule has 0 saturated carbocycles. The number of rotatable bonds is 6. The number of nitrogens with two attached hydrogens (primary N) is 1. The summed E-state index contributed by atoms with van der Waals surface area (Å²) < 4.78 is 5.27. The second-order valence-electron chi connectivity index (χ2n) is 6.29. The fourth-order valence-electron chi connectivity index (χ4n) is 3.05. The average molecular weight is 335 g/mol. The quantitative estimate of drug-likeness (QED) is 0.844. The highest BCUT2D eigenvalue weighted by atomic mass is 16.5. The molecular formula is C21H25N3O. The van der Waals surface area contributed by atoms with Crippen molar-refractivity contribution in [3.8, 4) is 5.75 Å². The predicted octanol–water partition coefficient (Wildman–Crippen LogP) is 3.74. The third-order valence-corrected chi connectivity index (χ3v) is 4.44. The molecule has 3 rings (SSSR count). The highest BCUT2D eigenvalue weighted by Gasteiger charge is 2.19. The van der Waals surface area contributed by atoms with Crippen LogP contribution >= 0.6 is 0 Å². The van der Waals surface area contributed by atoms with Gasteiger partial charge in [0.15, 0.2) is 0 Å². The Kier molecular flexibility index (Phi) is 5.41. The zero-order chi connectivity index (χ0) is 17.6. The first-order valence-corrected chi connectivity index (χ1v) is 8.50. The van der Waals surface area contributed by atoms with Crippen molar-refractivity contribution < 1.29 is 4.74 Å². The largest absolute Gasteiger partial charge is 0.497 e. The standard InChI is InChI=1S/C21H25N3O/c1-16(23-18-9-6-10-19(13-18)25-2)20-15-24(12-11-21(20)22)14-17-7-4-3-5-8-17/h3-10,13,23H,1,11-12,14-15,22H2,2H3. The molecular weight excluding hydrogens is 310 g/mol. The highest BCUT2D eigenvalue weighted by Crippen LogP contribution is 2.24. The van der Waals surface area contributed by atoms with Crippen LogP contribution in [0, 0.1) is 0 Å². The Bertz CT molecular complexity index is 768. The topological polar surface area (TPSA) is 50.5 Å². The van der Waals surface area contributed by atoms with Crippen molar-refractivity contribution in [2.45, 2.75) is 13.0 Å². The molecule has 1 aliphatic rings. The molecule has 0 radical (unpaired) electrons. The lowest BCUT2D eigenvalue weighted by Crippen LogP contribution is -2.34. The third-order valence-electron chi connectivity index (χ3n) is 4.44. The molecule has 4 nitrogen and oxygen atoms in total. The molecule has 1 aliphatic heterocycles. The van der Waals surface area contributed by atoms with Gasteiger partial charge >= 0.3 is 0 Å². The maximum atomic E-state index is 6.27. The van der Waals surface area contributed by atoms with Gasteiger partial charge in [-0.05, 0) is 17.7 Å². The summed E-state index contributed by atoms with van der Waals surface area (Å²) in [5, 5.41) is 3.36. The van der Waals surface area contributed by atoms with E-state index in [1.165, 1.54) is 5.56 Å². The fraction of sp³-hybridized carbons (Fsp3) is 0.238. The van der Waals surface area contributed by atoms with E-state index < -0.39 is 0 Å². The Hall–Kier alpha value is -2.72. The predicted molar refractivity (Wildman–Crippen MR) is 103 cm³/mol. The average Bonchev–Trinajstić information content (AvgIpc) is 2.64. The number of anilines is 1. The molecule has 130 valence electrons. The van der Waals surface area contributed by atoms with Crippen molar-refractivity contribution in [2.75, 3.05) is 25.5 Å². The summed E-state index contributed by atoms with van der Waals surface area (Å²) in [7, 11) is 1.66. The van der Waals surface area contributed by atoms with Crippen molar-refractivity contribution in [2.24, 2.45) is 5.73 Å². The first-order chi connectivity index (χ1) is 12.2. The number of benzene rings is 2. The molecule has 0 bridgehead atoms. The van der Waals surface area contributed by atoms with Crippen molar-refractivity contribution in [1.82, 2.24) is 4.90 Å². The summed E-state index contributed by atoms with van der Waals surface area (Å²) in [4.78, 5) is 2.40. The van der Waals surface area contributed by atoms with Gasteiger partial charge in [0.05, 0.1) is 7.11 Å². The molecule has 0 unspecified atom stereocenters. The fourth-order valence-corrected chi connectivity index (χ4v) is 3.05. The maximum Gasteiger partial charge on any atom is 0.120 e. The van der Waals surface area contributed by atoms with E-state index in [0.29, 0.717) is 0 Å². The van der Waals surface area contributed by atoms with Crippen LogP contribution < -0.4 is 15.8 Å². The molecule has 0 aliphatic carbocycles. The molecule has 0 amide bonds. The molecule has 2 aromatic rings. The third kappa shape index (κ3) is 4.43. The van der Waals surface area contributed by atoms with Gasteiger partial charge in [-0.25, -0.2) is 0 Å². The molecule has 4 heteroatoms. The van der Waals surface area contributed by atoms with Crippen molar-refractivity contribution >= 4 is 5.69 Å². The van der Waals surface area contributed by atoms with E-state index in [-0.39, 0.29) is 0 Å². The van der Waals surface area contributed by atoms with Crippen molar-refractivity contribution in [1.29, 1.82) is 0 Å². The molecule has 0 atom stereocenters. The van der Waals surface area contributed by atoms with E-state index in [9.17, 15) is 0 Å². The van der Waals surface area contributed by atoms with Crippen LogP contribution in [0.5, 0.6) is 5.75 Å². The van der Waals surface area contributed by atoms with Crippen molar-refractivity contribution in [3.63, 3.8) is 0 Å². The van der Waals surface area contributed by atoms with Gasteiger partial charge in [-0.2, -0.15) is 0 Å². The zero-order valence-corrected chi connectivity index (χ0v) is 14.7. The van der Waals surface area contributed by atoms with Crippen LogP contribution in [0.2, 0.25) is 0 Å².